The number of nitrogens with zero attached hydrogens (tertiary/aromatic N) is 1. The Balaban J connectivity index is 1.51. The zero-order valence-corrected chi connectivity index (χ0v) is 22.6. The molecule has 0 radical (unpaired) electrons. The van der Waals surface area contributed by atoms with Crippen molar-refractivity contribution in [3.8, 4) is 22.8 Å². The second-order valence-corrected chi connectivity index (χ2v) is 9.87. The van der Waals surface area contributed by atoms with Crippen LogP contribution in [0.5, 0.6) is 11.5 Å². The van der Waals surface area contributed by atoms with Gasteiger partial charge in [-0.1, -0.05) is 18.2 Å². The Morgan fingerprint density at radius 3 is 2.65 bits per heavy atom. The van der Waals surface area contributed by atoms with E-state index in [0.717, 1.165) is 31.3 Å². The minimum absolute atomic E-state index is 0.193. The number of hydrogen-bond donors (Lipinski definition) is 3. The molecule has 7 nitrogen and oxygen atoms in total. The van der Waals surface area contributed by atoms with Crippen molar-refractivity contribution in [2.45, 2.75) is 12.5 Å². The van der Waals surface area contributed by atoms with Crippen molar-refractivity contribution in [1.29, 1.82) is 0 Å². The molecule has 0 saturated heterocycles. The van der Waals surface area contributed by atoms with Gasteiger partial charge in [0.25, 0.3) is 5.91 Å². The summed E-state index contributed by atoms with van der Waals surface area (Å²) in [6.45, 7) is -0.193. The highest BCUT2D eigenvalue weighted by Crippen LogP contribution is 2.31. The maximum absolute atomic E-state index is 13.7. The number of amides is 1. The molecule has 0 aliphatic carbocycles. The van der Waals surface area contributed by atoms with Gasteiger partial charge in [-0.05, 0) is 83.1 Å². The molecule has 5 rings (SSSR count). The van der Waals surface area contributed by atoms with Crippen molar-refractivity contribution in [2.24, 2.45) is 0 Å². The molecule has 2 heterocycles. The number of hydrogen-bond acceptors (Lipinski definition) is 5. The van der Waals surface area contributed by atoms with Gasteiger partial charge in [0.15, 0.2) is 0 Å². The fourth-order valence-electron chi connectivity index (χ4n) is 4.48. The van der Waals surface area contributed by atoms with E-state index >= 15 is 0 Å². The van der Waals surface area contributed by atoms with E-state index in [1.165, 1.54) is 0 Å². The van der Waals surface area contributed by atoms with Crippen LogP contribution in [0.4, 0.5) is 0 Å². The number of aliphatic hydroxyl groups excluding tert-OH is 1. The van der Waals surface area contributed by atoms with Crippen LogP contribution in [0, 0.1) is 3.57 Å². The summed E-state index contributed by atoms with van der Waals surface area (Å²) < 4.78 is 11.7. The van der Waals surface area contributed by atoms with Gasteiger partial charge >= 0.3 is 0 Å². The standard InChI is InChI=1S/C29H26IN3O4/c1-36-20-8-9-26-22(13-20)23(14-27(33-26)17-7-10-28(37-2)24(30)12-17)29(35)32-19(16-34)11-18-15-31-25-6-4-3-5-21(18)25/h3-10,12-15,19,31,34H,11,16H2,1-2H3,(H,32,35)/t19-/m1/s1. The summed E-state index contributed by atoms with van der Waals surface area (Å²) in [6.07, 6.45) is 2.41. The molecule has 0 fully saturated rings. The minimum Gasteiger partial charge on any atom is -0.497 e. The molecule has 188 valence electrons. The normalized spacial score (nSPS) is 12.0. The van der Waals surface area contributed by atoms with E-state index in [1.807, 2.05) is 66.9 Å². The van der Waals surface area contributed by atoms with Crippen LogP contribution in [0.25, 0.3) is 33.1 Å². The molecule has 1 amide bonds. The first-order valence-corrected chi connectivity index (χ1v) is 12.9. The summed E-state index contributed by atoms with van der Waals surface area (Å²) in [6, 6.07) is 20.6. The Bertz CT molecular complexity index is 1600. The molecule has 5 aromatic rings. The van der Waals surface area contributed by atoms with Gasteiger partial charge in [0.05, 0.1) is 47.2 Å². The molecule has 37 heavy (non-hydrogen) atoms. The van der Waals surface area contributed by atoms with Crippen molar-refractivity contribution < 1.29 is 19.4 Å². The Morgan fingerprint density at radius 2 is 1.89 bits per heavy atom. The molecular formula is C29H26IN3O4. The molecule has 0 aliphatic rings. The first kappa shape index (κ1) is 25.0. The second-order valence-electron chi connectivity index (χ2n) is 8.70. The maximum Gasteiger partial charge on any atom is 0.252 e. The second kappa shape index (κ2) is 10.8. The van der Waals surface area contributed by atoms with Gasteiger partial charge in [0, 0.05) is 28.0 Å². The summed E-state index contributed by atoms with van der Waals surface area (Å²) in [5, 5.41) is 14.9. The molecule has 0 saturated carbocycles. The molecule has 0 unspecified atom stereocenters. The van der Waals surface area contributed by atoms with Crippen LogP contribution < -0.4 is 14.8 Å². The lowest BCUT2D eigenvalue weighted by Gasteiger charge is -2.18. The SMILES string of the molecule is COc1ccc2nc(-c3ccc(OC)c(I)c3)cc(C(=O)N[C@@H](CO)Cc3c[nH]c4ccccc34)c2c1. The molecule has 0 bridgehead atoms. The van der Waals surface area contributed by atoms with E-state index in [0.29, 0.717) is 34.3 Å². The van der Waals surface area contributed by atoms with Gasteiger partial charge in [0.2, 0.25) is 0 Å². The fraction of sp³-hybridized carbons (Fsp3) is 0.172. The molecule has 0 aliphatic heterocycles. The van der Waals surface area contributed by atoms with E-state index in [1.54, 1.807) is 20.3 Å². The molecule has 8 heteroatoms. The minimum atomic E-state index is -0.467. The van der Waals surface area contributed by atoms with Crippen LogP contribution >= 0.6 is 22.6 Å². The Hall–Kier alpha value is -3.63. The third-order valence-electron chi connectivity index (χ3n) is 6.40. The number of fused-ring (bicyclic) bond motifs is 2. The van der Waals surface area contributed by atoms with Gasteiger partial charge in [-0.15, -0.1) is 0 Å². The zero-order valence-electron chi connectivity index (χ0n) is 20.4. The number of ether oxygens (including phenoxy) is 2. The zero-order chi connectivity index (χ0) is 25.9. The largest absolute Gasteiger partial charge is 0.497 e. The number of methoxy groups -OCH3 is 2. The number of halogens is 1. The van der Waals surface area contributed by atoms with E-state index in [-0.39, 0.29) is 12.5 Å². The van der Waals surface area contributed by atoms with Gasteiger partial charge in [-0.25, -0.2) is 4.98 Å². The quantitative estimate of drug-likeness (QED) is 0.207. The average Bonchev–Trinajstić information content (AvgIpc) is 3.34. The third kappa shape index (κ3) is 5.12. The highest BCUT2D eigenvalue weighted by Gasteiger charge is 2.20. The molecule has 1 atom stereocenters. The van der Waals surface area contributed by atoms with Gasteiger partial charge in [0.1, 0.15) is 11.5 Å². The number of carbonyl (C=O) groups is 1. The van der Waals surface area contributed by atoms with Gasteiger partial charge in [-0.3, -0.25) is 4.79 Å². The number of pyridine rings is 1. The molecule has 2 aromatic heterocycles. The van der Waals surface area contributed by atoms with E-state index in [9.17, 15) is 9.90 Å². The van der Waals surface area contributed by atoms with Gasteiger partial charge < -0.3 is 24.9 Å². The van der Waals surface area contributed by atoms with Crippen LogP contribution in [-0.2, 0) is 6.42 Å². The van der Waals surface area contributed by atoms with Crippen LogP contribution in [-0.4, -0.2) is 47.8 Å². The lowest BCUT2D eigenvalue weighted by molar-refractivity contribution is 0.0918. The van der Waals surface area contributed by atoms with Crippen molar-refractivity contribution in [1.82, 2.24) is 15.3 Å². The number of H-pyrrole nitrogens is 1. The Kier molecular flexibility index (Phi) is 7.29. The predicted molar refractivity (Wildman–Crippen MR) is 153 cm³/mol. The number of para-hydroxylation sites is 1. The van der Waals surface area contributed by atoms with Crippen molar-refractivity contribution >= 4 is 50.3 Å². The van der Waals surface area contributed by atoms with Crippen LogP contribution in [0.15, 0.2) is 72.9 Å². The lowest BCUT2D eigenvalue weighted by atomic mass is 10.0. The van der Waals surface area contributed by atoms with Crippen molar-refractivity contribution in [2.75, 3.05) is 20.8 Å². The smallest absolute Gasteiger partial charge is 0.252 e. The number of benzene rings is 3. The topological polar surface area (TPSA) is 96.5 Å². The maximum atomic E-state index is 13.7. The summed E-state index contributed by atoms with van der Waals surface area (Å²) in [5.41, 5.74) is 4.72. The first-order chi connectivity index (χ1) is 18.0. The Morgan fingerprint density at radius 1 is 1.05 bits per heavy atom. The van der Waals surface area contributed by atoms with Crippen LogP contribution in [0.3, 0.4) is 0 Å². The van der Waals surface area contributed by atoms with E-state index < -0.39 is 6.04 Å². The average molecular weight is 607 g/mol. The first-order valence-electron chi connectivity index (χ1n) is 11.8. The third-order valence-corrected chi connectivity index (χ3v) is 7.25. The number of aromatic amines is 1. The molecule has 0 spiro atoms. The Labute approximate surface area is 228 Å². The summed E-state index contributed by atoms with van der Waals surface area (Å²) in [5.74, 6) is 1.12. The number of rotatable bonds is 8. The summed E-state index contributed by atoms with van der Waals surface area (Å²) >= 11 is 2.22. The van der Waals surface area contributed by atoms with Gasteiger partial charge in [-0.2, -0.15) is 0 Å². The monoisotopic (exact) mass is 607 g/mol. The highest BCUT2D eigenvalue weighted by atomic mass is 127. The molecule has 3 aromatic carbocycles. The lowest BCUT2D eigenvalue weighted by Crippen LogP contribution is -2.39. The molecule has 3 N–H and O–H groups in total. The van der Waals surface area contributed by atoms with E-state index in [2.05, 4.69) is 32.9 Å². The number of aliphatic hydroxyl groups is 1. The summed E-state index contributed by atoms with van der Waals surface area (Å²) in [4.78, 5) is 21.7. The van der Waals surface area contributed by atoms with Crippen molar-refractivity contribution in [3.63, 3.8) is 0 Å². The highest BCUT2D eigenvalue weighted by molar-refractivity contribution is 14.1. The van der Waals surface area contributed by atoms with E-state index in [4.69, 9.17) is 14.5 Å². The fourth-order valence-corrected chi connectivity index (χ4v) is 5.22. The number of carbonyl (C=O) groups excluding carboxylic acids is 1. The number of aromatic nitrogens is 2. The van der Waals surface area contributed by atoms with Crippen molar-refractivity contribution in [3.05, 3.63) is 87.6 Å². The van der Waals surface area contributed by atoms with Crippen LogP contribution in [0.2, 0.25) is 0 Å². The number of nitrogens with one attached hydrogen (secondary N) is 2. The summed E-state index contributed by atoms with van der Waals surface area (Å²) in [7, 11) is 3.22. The van der Waals surface area contributed by atoms with Crippen LogP contribution in [0.1, 0.15) is 15.9 Å². The molecular weight excluding hydrogens is 581 g/mol. The predicted octanol–water partition coefficient (Wildman–Crippen LogP) is 5.34.